The van der Waals surface area contributed by atoms with Crippen LogP contribution in [-0.2, 0) is 11.3 Å². The average Bonchev–Trinajstić information content (AvgIpc) is 2.76. The fraction of sp³-hybridized carbons (Fsp3) is 0.348. The number of carbonyl (C=O) groups excluding carboxylic acids is 2. The van der Waals surface area contributed by atoms with Crippen LogP contribution in [0, 0.1) is 0 Å². The lowest BCUT2D eigenvalue weighted by atomic mass is 10.0. The molecule has 2 unspecified atom stereocenters. The molecule has 1 aliphatic carbocycles. The van der Waals surface area contributed by atoms with E-state index in [4.69, 9.17) is 11.6 Å². The van der Waals surface area contributed by atoms with Crippen LogP contribution in [0.5, 0.6) is 0 Å². The number of aryl methyl sites for hydroxylation is 1. The van der Waals surface area contributed by atoms with Crippen molar-refractivity contribution in [1.29, 1.82) is 0 Å². The highest BCUT2D eigenvalue weighted by Crippen LogP contribution is 2.27. The van der Waals surface area contributed by atoms with E-state index in [1.54, 1.807) is 21.7 Å². The molecule has 7 nitrogen and oxygen atoms in total. The third-order valence-electron chi connectivity index (χ3n) is 5.38. The average molecular weight is 444 g/mol. The lowest BCUT2D eigenvalue weighted by molar-refractivity contribution is -0.113. The number of hydrogen-bond donors (Lipinski definition) is 2. The summed E-state index contributed by atoms with van der Waals surface area (Å²) in [7, 11) is 0. The third kappa shape index (κ3) is 4.89. The van der Waals surface area contributed by atoms with Gasteiger partial charge in [-0.15, -0.1) is 11.6 Å². The van der Waals surface area contributed by atoms with E-state index in [0.29, 0.717) is 30.6 Å². The number of nitrogens with one attached hydrogen (secondary N) is 1. The molecule has 1 aromatic heterocycles. The topological polar surface area (TPSA) is 91.6 Å². The summed E-state index contributed by atoms with van der Waals surface area (Å²) >= 11 is 5.96. The van der Waals surface area contributed by atoms with Crippen LogP contribution in [0.2, 0.25) is 0 Å². The van der Waals surface area contributed by atoms with E-state index in [9.17, 15) is 19.5 Å². The summed E-state index contributed by atoms with van der Waals surface area (Å²) in [5.74, 6) is -0.225. The van der Waals surface area contributed by atoms with Crippen molar-refractivity contribution in [3.8, 4) is 0 Å². The van der Waals surface area contributed by atoms with Crippen molar-refractivity contribution in [2.75, 3.05) is 13.2 Å². The summed E-state index contributed by atoms with van der Waals surface area (Å²) in [6.07, 6.45) is 6.61. The molecule has 0 radical (unpaired) electrons. The van der Waals surface area contributed by atoms with E-state index in [0.717, 1.165) is 10.9 Å². The Morgan fingerprint density at radius 1 is 1.26 bits per heavy atom. The Morgan fingerprint density at radius 2 is 1.97 bits per heavy atom. The summed E-state index contributed by atoms with van der Waals surface area (Å²) in [5.41, 5.74) is 1.18. The Hall–Kier alpha value is -2.90. The number of aliphatic hydroxyl groups excluding tert-OH is 1. The molecule has 2 N–H and O–H groups in total. The number of aromatic nitrogens is 1. The Morgan fingerprint density at radius 3 is 2.61 bits per heavy atom. The summed E-state index contributed by atoms with van der Waals surface area (Å²) in [4.78, 5) is 39.0. The minimum atomic E-state index is -0.799. The zero-order valence-corrected chi connectivity index (χ0v) is 18.3. The number of hydrogen-bond acceptors (Lipinski definition) is 4. The first-order valence-electron chi connectivity index (χ1n) is 10.3. The van der Waals surface area contributed by atoms with Crippen molar-refractivity contribution in [2.24, 2.45) is 0 Å². The van der Waals surface area contributed by atoms with Crippen LogP contribution in [0.15, 0.2) is 59.2 Å². The van der Waals surface area contributed by atoms with Gasteiger partial charge < -0.3 is 19.9 Å². The second-order valence-corrected chi connectivity index (χ2v) is 7.83. The molecule has 2 amide bonds. The quantitative estimate of drug-likeness (QED) is 0.643. The molecule has 0 saturated carbocycles. The first-order valence-corrected chi connectivity index (χ1v) is 10.7. The molecule has 3 rings (SSSR count). The number of allylic oxidation sites excluding steroid dienone is 3. The second kappa shape index (κ2) is 9.94. The molecule has 2 atom stereocenters. The zero-order chi connectivity index (χ0) is 22.5. The van der Waals surface area contributed by atoms with E-state index in [1.165, 1.54) is 18.2 Å². The standard InChI is InChI=1S/C23H26ClN3O4/c1-3-27(23(31)25-16-9-10-21(29)20(24)13-16)15(2)19-14-26(11-6-12-28)22(30)18-8-5-4-7-17(18)19/h4-5,7-10,13-15,20,28H,3,6,11-12H2,1-2H3,(H,25,31). The summed E-state index contributed by atoms with van der Waals surface area (Å²) in [5, 5.41) is 12.5. The molecular formula is C23H26ClN3O4. The first-order chi connectivity index (χ1) is 14.9. The fourth-order valence-corrected chi connectivity index (χ4v) is 3.92. The highest BCUT2D eigenvalue weighted by Gasteiger charge is 2.24. The van der Waals surface area contributed by atoms with Gasteiger partial charge >= 0.3 is 6.03 Å². The van der Waals surface area contributed by atoms with Gasteiger partial charge in [-0.1, -0.05) is 18.2 Å². The van der Waals surface area contributed by atoms with Gasteiger partial charge in [0.15, 0.2) is 5.78 Å². The molecule has 8 heteroatoms. The smallest absolute Gasteiger partial charge is 0.322 e. The number of nitrogens with zero attached hydrogens (tertiary/aromatic N) is 2. The summed E-state index contributed by atoms with van der Waals surface area (Å²) < 4.78 is 1.59. The normalized spacial score (nSPS) is 16.8. The van der Waals surface area contributed by atoms with Crippen LogP contribution >= 0.6 is 11.6 Å². The van der Waals surface area contributed by atoms with Gasteiger partial charge in [0.05, 0.1) is 6.04 Å². The molecule has 1 heterocycles. The van der Waals surface area contributed by atoms with Gasteiger partial charge in [-0.2, -0.15) is 0 Å². The van der Waals surface area contributed by atoms with E-state index >= 15 is 0 Å². The second-order valence-electron chi connectivity index (χ2n) is 7.36. The molecule has 0 fully saturated rings. The van der Waals surface area contributed by atoms with Gasteiger partial charge in [0.25, 0.3) is 5.56 Å². The van der Waals surface area contributed by atoms with Crippen LogP contribution < -0.4 is 10.9 Å². The number of halogens is 1. The Kier molecular flexibility index (Phi) is 7.30. The lowest BCUT2D eigenvalue weighted by Gasteiger charge is -2.30. The molecule has 1 aromatic carbocycles. The number of aliphatic hydroxyl groups is 1. The first kappa shape index (κ1) is 22.8. The minimum absolute atomic E-state index is 0.0135. The number of rotatable bonds is 7. The van der Waals surface area contributed by atoms with E-state index < -0.39 is 5.38 Å². The number of ketones is 1. The molecule has 0 aliphatic heterocycles. The number of benzene rings is 1. The number of pyridine rings is 1. The Labute approximate surface area is 185 Å². The SMILES string of the molecule is CCN(C(=O)NC1=CC(Cl)C(=O)C=C1)C(C)c1cn(CCCO)c(=O)c2ccccc12. The number of fused-ring (bicyclic) bond motifs is 1. The van der Waals surface area contributed by atoms with E-state index in [1.807, 2.05) is 32.0 Å². The Bertz CT molecular complexity index is 1110. The molecule has 164 valence electrons. The predicted molar refractivity (Wildman–Crippen MR) is 121 cm³/mol. The molecular weight excluding hydrogens is 418 g/mol. The van der Waals surface area contributed by atoms with Crippen molar-refractivity contribution in [2.45, 2.75) is 38.2 Å². The van der Waals surface area contributed by atoms with Crippen LogP contribution in [0.25, 0.3) is 10.8 Å². The van der Waals surface area contributed by atoms with Gasteiger partial charge in [-0.25, -0.2) is 4.79 Å². The number of alkyl halides is 1. The summed E-state index contributed by atoms with van der Waals surface area (Å²) in [6, 6.07) is 6.65. The largest absolute Gasteiger partial charge is 0.396 e. The maximum Gasteiger partial charge on any atom is 0.322 e. The molecule has 2 aromatic rings. The van der Waals surface area contributed by atoms with Crippen LogP contribution in [0.4, 0.5) is 4.79 Å². The van der Waals surface area contributed by atoms with Gasteiger partial charge in [-0.3, -0.25) is 9.59 Å². The van der Waals surface area contributed by atoms with Crippen molar-refractivity contribution < 1.29 is 14.7 Å². The summed E-state index contributed by atoms with van der Waals surface area (Å²) in [6.45, 7) is 4.59. The Balaban J connectivity index is 1.95. The zero-order valence-electron chi connectivity index (χ0n) is 17.5. The van der Waals surface area contributed by atoms with Crippen molar-refractivity contribution in [3.05, 3.63) is 70.3 Å². The number of urea groups is 1. The molecule has 1 aliphatic rings. The van der Waals surface area contributed by atoms with E-state index in [2.05, 4.69) is 5.32 Å². The maximum absolute atomic E-state index is 13.0. The van der Waals surface area contributed by atoms with Gasteiger partial charge in [0.1, 0.15) is 5.38 Å². The van der Waals surface area contributed by atoms with Crippen molar-refractivity contribution in [3.63, 3.8) is 0 Å². The van der Waals surface area contributed by atoms with Crippen molar-refractivity contribution >= 4 is 34.2 Å². The molecule has 31 heavy (non-hydrogen) atoms. The molecule has 0 saturated heterocycles. The van der Waals surface area contributed by atoms with E-state index in [-0.39, 0.29) is 30.0 Å². The van der Waals surface area contributed by atoms with Gasteiger partial charge in [0.2, 0.25) is 0 Å². The lowest BCUT2D eigenvalue weighted by Crippen LogP contribution is -2.41. The number of amides is 2. The maximum atomic E-state index is 13.0. The van der Waals surface area contributed by atoms with Crippen LogP contribution in [0.3, 0.4) is 0 Å². The highest BCUT2D eigenvalue weighted by atomic mass is 35.5. The third-order valence-corrected chi connectivity index (χ3v) is 5.72. The highest BCUT2D eigenvalue weighted by molar-refractivity contribution is 6.34. The molecule has 0 bridgehead atoms. The van der Waals surface area contributed by atoms with Crippen LogP contribution in [-0.4, -0.2) is 44.9 Å². The monoisotopic (exact) mass is 443 g/mol. The minimum Gasteiger partial charge on any atom is -0.396 e. The van der Waals surface area contributed by atoms with Crippen molar-refractivity contribution in [1.82, 2.24) is 14.8 Å². The predicted octanol–water partition coefficient (Wildman–Crippen LogP) is 3.11. The van der Waals surface area contributed by atoms with Gasteiger partial charge in [-0.05, 0) is 55.5 Å². The number of carbonyl (C=O) groups is 2. The molecule has 0 spiro atoms. The van der Waals surface area contributed by atoms with Crippen LogP contribution in [0.1, 0.15) is 31.9 Å². The fourth-order valence-electron chi connectivity index (χ4n) is 3.71. The van der Waals surface area contributed by atoms with Gasteiger partial charge in [0, 0.05) is 37.0 Å².